The fourth-order valence-corrected chi connectivity index (χ4v) is 3.11. The molecule has 0 saturated heterocycles. The number of aromatic nitrogens is 2. The fraction of sp³-hybridized carbons (Fsp3) is 0.261. The van der Waals surface area contributed by atoms with Crippen molar-refractivity contribution in [1.29, 1.82) is 0 Å². The highest BCUT2D eigenvalue weighted by molar-refractivity contribution is 6.05. The zero-order valence-corrected chi connectivity index (χ0v) is 17.4. The number of amides is 1. The van der Waals surface area contributed by atoms with E-state index >= 15 is 0 Å². The Morgan fingerprint density at radius 1 is 0.931 bits per heavy atom. The number of aryl methyl sites for hydroxylation is 2. The lowest BCUT2D eigenvalue weighted by Gasteiger charge is -2.20. The Labute approximate surface area is 172 Å². The Hall–Kier alpha value is -3.41. The Bertz CT molecular complexity index is 981. The van der Waals surface area contributed by atoms with Crippen molar-refractivity contribution in [3.05, 3.63) is 71.4 Å². The van der Waals surface area contributed by atoms with Gasteiger partial charge in [0.2, 0.25) is 5.95 Å². The van der Waals surface area contributed by atoms with Crippen LogP contribution in [0, 0.1) is 13.8 Å². The monoisotopic (exact) mass is 389 g/mol. The van der Waals surface area contributed by atoms with Crippen molar-refractivity contribution >= 4 is 29.0 Å². The lowest BCUT2D eigenvalue weighted by Crippen LogP contribution is -2.23. The zero-order valence-electron chi connectivity index (χ0n) is 17.4. The second-order valence-electron chi connectivity index (χ2n) is 6.83. The standard InChI is InChI=1S/C23H27N5O/c1-5-28(6-2)21-15-17(4)24-23(27-21)26-19-13-11-18(12-14-19)25-22(29)20-10-8-7-9-16(20)3/h7-15H,5-6H2,1-4H3,(H,25,29)(H,24,26,27). The molecule has 1 heterocycles. The molecule has 1 aromatic heterocycles. The number of anilines is 4. The van der Waals surface area contributed by atoms with Gasteiger partial charge in [0.1, 0.15) is 5.82 Å². The molecule has 150 valence electrons. The molecule has 1 amide bonds. The molecule has 2 aromatic carbocycles. The van der Waals surface area contributed by atoms with Crippen LogP contribution in [0.15, 0.2) is 54.6 Å². The number of rotatable bonds is 7. The number of hydrogen-bond donors (Lipinski definition) is 2. The minimum absolute atomic E-state index is 0.116. The van der Waals surface area contributed by atoms with Gasteiger partial charge in [-0.3, -0.25) is 4.79 Å². The summed E-state index contributed by atoms with van der Waals surface area (Å²) in [6, 6.07) is 17.0. The summed E-state index contributed by atoms with van der Waals surface area (Å²) in [6.45, 7) is 9.89. The van der Waals surface area contributed by atoms with E-state index in [1.807, 2.05) is 68.4 Å². The lowest BCUT2D eigenvalue weighted by atomic mass is 10.1. The number of benzene rings is 2. The second kappa shape index (κ2) is 9.19. The smallest absolute Gasteiger partial charge is 0.255 e. The van der Waals surface area contributed by atoms with Gasteiger partial charge < -0.3 is 15.5 Å². The third-order valence-corrected chi connectivity index (χ3v) is 4.72. The summed E-state index contributed by atoms with van der Waals surface area (Å²) in [7, 11) is 0. The maximum Gasteiger partial charge on any atom is 0.255 e. The molecular weight excluding hydrogens is 362 g/mol. The molecular formula is C23H27N5O. The quantitative estimate of drug-likeness (QED) is 0.599. The zero-order chi connectivity index (χ0) is 20.8. The molecule has 6 heteroatoms. The van der Waals surface area contributed by atoms with Crippen LogP contribution in [0.2, 0.25) is 0 Å². The van der Waals surface area contributed by atoms with Gasteiger partial charge in [0.05, 0.1) is 0 Å². The van der Waals surface area contributed by atoms with E-state index in [-0.39, 0.29) is 5.91 Å². The maximum absolute atomic E-state index is 12.5. The number of hydrogen-bond acceptors (Lipinski definition) is 5. The first-order valence-electron chi connectivity index (χ1n) is 9.84. The Kier molecular flexibility index (Phi) is 6.44. The Morgan fingerprint density at radius 2 is 1.59 bits per heavy atom. The van der Waals surface area contributed by atoms with Crippen molar-refractivity contribution in [2.24, 2.45) is 0 Å². The van der Waals surface area contributed by atoms with Crippen LogP contribution in [0.1, 0.15) is 35.5 Å². The molecule has 0 bridgehead atoms. The first-order valence-corrected chi connectivity index (χ1v) is 9.84. The molecule has 0 radical (unpaired) electrons. The van der Waals surface area contributed by atoms with Gasteiger partial charge in [0.25, 0.3) is 5.91 Å². The highest BCUT2D eigenvalue weighted by atomic mass is 16.1. The molecule has 3 rings (SSSR count). The number of nitrogens with one attached hydrogen (secondary N) is 2. The van der Waals surface area contributed by atoms with E-state index < -0.39 is 0 Å². The summed E-state index contributed by atoms with van der Waals surface area (Å²) in [6.07, 6.45) is 0. The molecule has 0 fully saturated rings. The summed E-state index contributed by atoms with van der Waals surface area (Å²) < 4.78 is 0. The first kappa shape index (κ1) is 20.3. The van der Waals surface area contributed by atoms with Crippen LogP contribution < -0.4 is 15.5 Å². The van der Waals surface area contributed by atoms with Crippen LogP contribution in [0.25, 0.3) is 0 Å². The fourth-order valence-electron chi connectivity index (χ4n) is 3.11. The van der Waals surface area contributed by atoms with Crippen molar-refractivity contribution in [2.45, 2.75) is 27.7 Å². The van der Waals surface area contributed by atoms with Crippen molar-refractivity contribution in [3.8, 4) is 0 Å². The van der Waals surface area contributed by atoms with E-state index in [2.05, 4.69) is 39.3 Å². The summed E-state index contributed by atoms with van der Waals surface area (Å²) in [5, 5.41) is 6.18. The van der Waals surface area contributed by atoms with E-state index in [4.69, 9.17) is 0 Å². The molecule has 0 spiro atoms. The highest BCUT2D eigenvalue weighted by Gasteiger charge is 2.10. The predicted octanol–water partition coefficient (Wildman–Crippen LogP) is 4.94. The van der Waals surface area contributed by atoms with Gasteiger partial charge in [-0.05, 0) is 63.6 Å². The normalized spacial score (nSPS) is 10.5. The molecule has 0 aliphatic carbocycles. The van der Waals surface area contributed by atoms with Crippen molar-refractivity contribution in [1.82, 2.24) is 9.97 Å². The van der Waals surface area contributed by atoms with E-state index in [0.29, 0.717) is 11.5 Å². The van der Waals surface area contributed by atoms with E-state index in [1.54, 1.807) is 0 Å². The summed E-state index contributed by atoms with van der Waals surface area (Å²) >= 11 is 0. The SMILES string of the molecule is CCN(CC)c1cc(C)nc(Nc2ccc(NC(=O)c3ccccc3C)cc2)n1. The minimum Gasteiger partial charge on any atom is -0.357 e. The number of carbonyl (C=O) groups is 1. The van der Waals surface area contributed by atoms with Crippen LogP contribution in [0.3, 0.4) is 0 Å². The molecule has 0 aliphatic heterocycles. The molecule has 6 nitrogen and oxygen atoms in total. The lowest BCUT2D eigenvalue weighted by molar-refractivity contribution is 0.102. The van der Waals surface area contributed by atoms with E-state index in [1.165, 1.54) is 0 Å². The largest absolute Gasteiger partial charge is 0.357 e. The average Bonchev–Trinajstić information content (AvgIpc) is 2.70. The number of carbonyl (C=O) groups excluding carboxylic acids is 1. The molecule has 0 saturated carbocycles. The van der Waals surface area contributed by atoms with Crippen molar-refractivity contribution in [2.75, 3.05) is 28.6 Å². The topological polar surface area (TPSA) is 70.2 Å². The first-order chi connectivity index (χ1) is 14.0. The minimum atomic E-state index is -0.116. The molecule has 3 aromatic rings. The number of nitrogens with zero attached hydrogens (tertiary/aromatic N) is 3. The average molecular weight is 390 g/mol. The van der Waals surface area contributed by atoms with Crippen LogP contribution in [0.5, 0.6) is 0 Å². The third kappa shape index (κ3) is 5.10. The second-order valence-corrected chi connectivity index (χ2v) is 6.83. The van der Waals surface area contributed by atoms with Gasteiger partial charge in [-0.15, -0.1) is 0 Å². The van der Waals surface area contributed by atoms with E-state index in [0.717, 1.165) is 41.5 Å². The summed E-state index contributed by atoms with van der Waals surface area (Å²) in [4.78, 5) is 23.7. The highest BCUT2D eigenvalue weighted by Crippen LogP contribution is 2.20. The molecule has 0 aliphatic rings. The predicted molar refractivity (Wildman–Crippen MR) is 119 cm³/mol. The third-order valence-electron chi connectivity index (χ3n) is 4.72. The van der Waals surface area contributed by atoms with Crippen LogP contribution >= 0.6 is 0 Å². The van der Waals surface area contributed by atoms with E-state index in [9.17, 15) is 4.79 Å². The van der Waals surface area contributed by atoms with Crippen LogP contribution in [-0.4, -0.2) is 29.0 Å². The Balaban J connectivity index is 1.71. The van der Waals surface area contributed by atoms with Gasteiger partial charge >= 0.3 is 0 Å². The van der Waals surface area contributed by atoms with Crippen molar-refractivity contribution in [3.63, 3.8) is 0 Å². The molecule has 0 atom stereocenters. The van der Waals surface area contributed by atoms with Gasteiger partial charge in [-0.1, -0.05) is 18.2 Å². The van der Waals surface area contributed by atoms with Gasteiger partial charge in [0, 0.05) is 41.8 Å². The summed E-state index contributed by atoms with van der Waals surface area (Å²) in [5.41, 5.74) is 4.12. The molecule has 2 N–H and O–H groups in total. The van der Waals surface area contributed by atoms with Crippen LogP contribution in [0.4, 0.5) is 23.1 Å². The van der Waals surface area contributed by atoms with Gasteiger partial charge in [-0.25, -0.2) is 4.98 Å². The van der Waals surface area contributed by atoms with Crippen LogP contribution in [-0.2, 0) is 0 Å². The van der Waals surface area contributed by atoms with Gasteiger partial charge in [-0.2, -0.15) is 4.98 Å². The summed E-state index contributed by atoms with van der Waals surface area (Å²) in [5.74, 6) is 1.35. The molecule has 29 heavy (non-hydrogen) atoms. The maximum atomic E-state index is 12.5. The van der Waals surface area contributed by atoms with Gasteiger partial charge in [0.15, 0.2) is 0 Å². The van der Waals surface area contributed by atoms with Crippen molar-refractivity contribution < 1.29 is 4.79 Å². The Morgan fingerprint density at radius 3 is 2.24 bits per heavy atom. The molecule has 0 unspecified atom stereocenters.